The summed E-state index contributed by atoms with van der Waals surface area (Å²) < 4.78 is 5.24. The van der Waals surface area contributed by atoms with Crippen LogP contribution in [-0.4, -0.2) is 13.3 Å². The fraction of sp³-hybridized carbons (Fsp3) is 0.133. The zero-order valence-electron chi connectivity index (χ0n) is 10.9. The van der Waals surface area contributed by atoms with Crippen LogP contribution in [0.25, 0.3) is 0 Å². The Morgan fingerprint density at radius 3 is 2.50 bits per heavy atom. The normalized spacial score (nSPS) is 10.8. The Morgan fingerprint density at radius 2 is 1.80 bits per heavy atom. The number of hydrazone groups is 1. The molecule has 0 heterocycles. The second kappa shape index (κ2) is 7.17. The number of nitrogens with one attached hydrogen (secondary N) is 1. The van der Waals surface area contributed by atoms with Crippen molar-refractivity contribution in [1.29, 1.82) is 0 Å². The Hall–Kier alpha value is -1.71. The second-order valence-electron chi connectivity index (χ2n) is 4.04. The first kappa shape index (κ1) is 14.7. The highest BCUT2D eigenvalue weighted by Crippen LogP contribution is 2.23. The van der Waals surface area contributed by atoms with Crippen LogP contribution in [0, 0.1) is 0 Å². The fourth-order valence-electron chi connectivity index (χ4n) is 1.71. The van der Waals surface area contributed by atoms with Crippen molar-refractivity contribution in [3.63, 3.8) is 0 Å². The molecule has 0 aliphatic rings. The summed E-state index contributed by atoms with van der Waals surface area (Å²) in [6.45, 7) is 0.462. The zero-order valence-corrected chi connectivity index (χ0v) is 12.4. The number of methoxy groups -OCH3 is 1. The van der Waals surface area contributed by atoms with Gasteiger partial charge >= 0.3 is 0 Å². The third kappa shape index (κ3) is 3.65. The highest BCUT2D eigenvalue weighted by Gasteiger charge is 2.03. The molecule has 1 N–H and O–H groups in total. The molecule has 0 aromatic heterocycles. The predicted octanol–water partition coefficient (Wildman–Crippen LogP) is 4.13. The van der Waals surface area contributed by atoms with E-state index >= 15 is 0 Å². The smallest absolute Gasteiger partial charge is 0.127 e. The van der Waals surface area contributed by atoms with Crippen LogP contribution in [-0.2, 0) is 6.54 Å². The number of halogens is 2. The van der Waals surface area contributed by atoms with Gasteiger partial charge in [-0.25, -0.2) is 0 Å². The van der Waals surface area contributed by atoms with Crippen molar-refractivity contribution in [2.45, 2.75) is 6.54 Å². The standard InChI is InChI=1S/C15H14Cl2N2O/c1-20-15-8-3-2-5-11(15)9-18-19-10-12-13(16)6-4-7-14(12)17/h2-9,19H,10H2,1H3/b18-9+. The first-order chi connectivity index (χ1) is 9.72. The van der Waals surface area contributed by atoms with Crippen LogP contribution in [0.15, 0.2) is 47.6 Å². The molecule has 2 aromatic rings. The SMILES string of the molecule is COc1ccccc1/C=N/NCc1c(Cl)cccc1Cl. The maximum Gasteiger partial charge on any atom is 0.127 e. The fourth-order valence-corrected chi connectivity index (χ4v) is 2.25. The largest absolute Gasteiger partial charge is 0.496 e. The molecule has 0 amide bonds. The molecule has 0 spiro atoms. The van der Waals surface area contributed by atoms with Crippen molar-refractivity contribution in [3.05, 3.63) is 63.6 Å². The van der Waals surface area contributed by atoms with Crippen LogP contribution < -0.4 is 10.2 Å². The Balaban J connectivity index is 2.01. The van der Waals surface area contributed by atoms with Crippen molar-refractivity contribution in [2.24, 2.45) is 5.10 Å². The molecule has 3 nitrogen and oxygen atoms in total. The molecule has 0 saturated carbocycles. The average Bonchev–Trinajstić information content (AvgIpc) is 2.46. The topological polar surface area (TPSA) is 33.6 Å². The summed E-state index contributed by atoms with van der Waals surface area (Å²) in [7, 11) is 1.63. The highest BCUT2D eigenvalue weighted by atomic mass is 35.5. The molecule has 2 aromatic carbocycles. The number of hydrogen-bond donors (Lipinski definition) is 1. The Bertz CT molecular complexity index is 594. The van der Waals surface area contributed by atoms with Crippen LogP contribution in [0.1, 0.15) is 11.1 Å². The quantitative estimate of drug-likeness (QED) is 0.665. The molecular formula is C15H14Cl2N2O. The van der Waals surface area contributed by atoms with E-state index < -0.39 is 0 Å². The first-order valence-electron chi connectivity index (χ1n) is 6.04. The van der Waals surface area contributed by atoms with E-state index in [1.54, 1.807) is 25.5 Å². The minimum Gasteiger partial charge on any atom is -0.496 e. The molecule has 0 aliphatic carbocycles. The van der Waals surface area contributed by atoms with Gasteiger partial charge < -0.3 is 10.2 Å². The van der Waals surface area contributed by atoms with Crippen LogP contribution in [0.2, 0.25) is 10.0 Å². The summed E-state index contributed by atoms with van der Waals surface area (Å²) >= 11 is 12.2. The minimum absolute atomic E-state index is 0.462. The van der Waals surface area contributed by atoms with E-state index in [-0.39, 0.29) is 0 Å². The van der Waals surface area contributed by atoms with Crippen molar-refractivity contribution in [1.82, 2.24) is 5.43 Å². The van der Waals surface area contributed by atoms with Gasteiger partial charge in [-0.2, -0.15) is 5.10 Å². The Labute approximate surface area is 128 Å². The number of para-hydroxylation sites is 1. The third-order valence-corrected chi connectivity index (χ3v) is 3.46. The summed E-state index contributed by atoms with van der Waals surface area (Å²) in [5, 5.41) is 5.40. The summed E-state index contributed by atoms with van der Waals surface area (Å²) in [4.78, 5) is 0. The first-order valence-corrected chi connectivity index (χ1v) is 6.80. The summed E-state index contributed by atoms with van der Waals surface area (Å²) in [5.41, 5.74) is 4.65. The van der Waals surface area contributed by atoms with Gasteiger partial charge in [-0.15, -0.1) is 0 Å². The lowest BCUT2D eigenvalue weighted by atomic mass is 10.2. The summed E-state index contributed by atoms with van der Waals surface area (Å²) in [5.74, 6) is 0.772. The van der Waals surface area contributed by atoms with E-state index in [0.717, 1.165) is 16.9 Å². The van der Waals surface area contributed by atoms with Crippen LogP contribution in [0.4, 0.5) is 0 Å². The van der Waals surface area contributed by atoms with Gasteiger partial charge in [-0.05, 0) is 24.3 Å². The predicted molar refractivity (Wildman–Crippen MR) is 83.9 cm³/mol. The number of hydrogen-bond acceptors (Lipinski definition) is 3. The van der Waals surface area contributed by atoms with Gasteiger partial charge in [-0.3, -0.25) is 0 Å². The summed E-state index contributed by atoms with van der Waals surface area (Å²) in [6, 6.07) is 13.1. The van der Waals surface area contributed by atoms with Gasteiger partial charge in [0.2, 0.25) is 0 Å². The number of nitrogens with zero attached hydrogens (tertiary/aromatic N) is 1. The van der Waals surface area contributed by atoms with Gasteiger partial charge in [-0.1, -0.05) is 41.4 Å². The molecule has 0 radical (unpaired) electrons. The molecule has 0 bridgehead atoms. The van der Waals surface area contributed by atoms with Gasteiger partial charge in [0.05, 0.1) is 19.9 Å². The molecule has 0 atom stereocenters. The average molecular weight is 309 g/mol. The molecule has 0 aliphatic heterocycles. The molecule has 5 heteroatoms. The van der Waals surface area contributed by atoms with E-state index in [4.69, 9.17) is 27.9 Å². The molecule has 0 unspecified atom stereocenters. The molecule has 2 rings (SSSR count). The van der Waals surface area contributed by atoms with Crippen molar-refractivity contribution in [2.75, 3.05) is 7.11 Å². The van der Waals surface area contributed by atoms with Crippen LogP contribution in [0.5, 0.6) is 5.75 Å². The highest BCUT2D eigenvalue weighted by molar-refractivity contribution is 6.35. The van der Waals surface area contributed by atoms with Gasteiger partial charge in [0, 0.05) is 21.2 Å². The lowest BCUT2D eigenvalue weighted by Gasteiger charge is -2.06. The van der Waals surface area contributed by atoms with Crippen molar-refractivity contribution < 1.29 is 4.74 Å². The monoisotopic (exact) mass is 308 g/mol. The molecule has 104 valence electrons. The van der Waals surface area contributed by atoms with Gasteiger partial charge in [0.25, 0.3) is 0 Å². The Kier molecular flexibility index (Phi) is 5.27. The third-order valence-electron chi connectivity index (χ3n) is 2.75. The second-order valence-corrected chi connectivity index (χ2v) is 4.85. The van der Waals surface area contributed by atoms with E-state index in [1.807, 2.05) is 30.3 Å². The van der Waals surface area contributed by atoms with E-state index in [1.165, 1.54) is 0 Å². The van der Waals surface area contributed by atoms with Gasteiger partial charge in [0.1, 0.15) is 5.75 Å². The molecule has 0 saturated heterocycles. The Morgan fingerprint density at radius 1 is 1.10 bits per heavy atom. The maximum absolute atomic E-state index is 6.08. The molecule has 0 fully saturated rings. The number of rotatable bonds is 5. The van der Waals surface area contributed by atoms with E-state index in [9.17, 15) is 0 Å². The lowest BCUT2D eigenvalue weighted by Crippen LogP contribution is -2.07. The van der Waals surface area contributed by atoms with Crippen LogP contribution in [0.3, 0.4) is 0 Å². The van der Waals surface area contributed by atoms with E-state index in [0.29, 0.717) is 16.6 Å². The minimum atomic E-state index is 0.462. The van der Waals surface area contributed by atoms with Crippen molar-refractivity contribution in [3.8, 4) is 5.75 Å². The maximum atomic E-state index is 6.08. The van der Waals surface area contributed by atoms with E-state index in [2.05, 4.69) is 10.5 Å². The summed E-state index contributed by atoms with van der Waals surface area (Å²) in [6.07, 6.45) is 1.70. The lowest BCUT2D eigenvalue weighted by molar-refractivity contribution is 0.414. The number of benzene rings is 2. The number of ether oxygens (including phenoxy) is 1. The molecule has 20 heavy (non-hydrogen) atoms. The molecular weight excluding hydrogens is 295 g/mol. The zero-order chi connectivity index (χ0) is 14.4. The van der Waals surface area contributed by atoms with Crippen LogP contribution >= 0.6 is 23.2 Å². The van der Waals surface area contributed by atoms with Gasteiger partial charge in [0.15, 0.2) is 0 Å². The van der Waals surface area contributed by atoms with Crippen molar-refractivity contribution >= 4 is 29.4 Å².